The smallest absolute Gasteiger partial charge is 0.339 e. The predicted molar refractivity (Wildman–Crippen MR) is 87.1 cm³/mol. The van der Waals surface area contributed by atoms with Gasteiger partial charge in [-0.05, 0) is 23.8 Å². The number of ether oxygens (including phenoxy) is 1. The fraction of sp³-hybridized carbons (Fsp3) is 0.167. The monoisotopic (exact) mass is 341 g/mol. The third kappa shape index (κ3) is 3.45. The highest BCUT2D eigenvalue weighted by Crippen LogP contribution is 2.36. The zero-order chi connectivity index (χ0) is 18.0. The average Bonchev–Trinajstić information content (AvgIpc) is 2.99. The van der Waals surface area contributed by atoms with E-state index in [0.717, 1.165) is 6.07 Å². The molecule has 1 fully saturated rings. The highest BCUT2D eigenvalue weighted by molar-refractivity contribution is 5.98. The fourth-order valence-corrected chi connectivity index (χ4v) is 2.75. The Balaban J connectivity index is 1.81. The van der Waals surface area contributed by atoms with Gasteiger partial charge in [0.2, 0.25) is 5.91 Å². The molecule has 0 bridgehead atoms. The highest BCUT2D eigenvalue weighted by Gasteiger charge is 2.40. The van der Waals surface area contributed by atoms with Gasteiger partial charge < -0.3 is 20.3 Å². The lowest BCUT2D eigenvalue weighted by atomic mass is 9.94. The first-order valence-electron chi connectivity index (χ1n) is 7.57. The zero-order valence-electron chi connectivity index (χ0n) is 13.0. The number of carboxylic acid groups (broad SMARTS) is 1. The summed E-state index contributed by atoms with van der Waals surface area (Å²) in [5.41, 5.74) is 0.605. The molecule has 1 aliphatic rings. The minimum atomic E-state index is -1.31. The Bertz CT molecular complexity index is 833. The number of hydrogen-bond acceptors (Lipinski definition) is 5. The Kier molecular flexibility index (Phi) is 4.38. The Morgan fingerprint density at radius 1 is 1.12 bits per heavy atom. The lowest BCUT2D eigenvalue weighted by Gasteiger charge is -2.17. The number of nitrogens with one attached hydrogen (secondary N) is 1. The van der Waals surface area contributed by atoms with Crippen molar-refractivity contribution in [2.24, 2.45) is 5.92 Å². The van der Waals surface area contributed by atoms with Crippen molar-refractivity contribution in [3.05, 3.63) is 59.7 Å². The number of carbonyl (C=O) groups excluding carboxylic acids is 2. The molecular weight excluding hydrogens is 326 g/mol. The van der Waals surface area contributed by atoms with Crippen molar-refractivity contribution in [1.82, 2.24) is 0 Å². The first-order valence-corrected chi connectivity index (χ1v) is 7.57. The van der Waals surface area contributed by atoms with E-state index in [0.29, 0.717) is 5.56 Å². The number of esters is 1. The lowest BCUT2D eigenvalue weighted by Crippen LogP contribution is -2.25. The summed E-state index contributed by atoms with van der Waals surface area (Å²) in [5.74, 6) is -3.35. The van der Waals surface area contributed by atoms with E-state index in [2.05, 4.69) is 5.32 Å². The van der Waals surface area contributed by atoms with Gasteiger partial charge in [-0.3, -0.25) is 9.59 Å². The summed E-state index contributed by atoms with van der Waals surface area (Å²) in [6.07, 6.45) is -0.750. The van der Waals surface area contributed by atoms with Crippen molar-refractivity contribution in [2.75, 3.05) is 5.32 Å². The van der Waals surface area contributed by atoms with Gasteiger partial charge in [0.1, 0.15) is 17.4 Å². The molecule has 0 radical (unpaired) electrons. The number of carboxylic acids is 1. The molecule has 2 aromatic rings. The quantitative estimate of drug-likeness (QED) is 0.581. The molecule has 3 N–H and O–H groups in total. The Hall–Kier alpha value is -3.35. The van der Waals surface area contributed by atoms with E-state index in [4.69, 9.17) is 9.84 Å². The van der Waals surface area contributed by atoms with Crippen molar-refractivity contribution >= 4 is 23.5 Å². The number of benzene rings is 2. The van der Waals surface area contributed by atoms with Gasteiger partial charge in [0.25, 0.3) is 0 Å². The van der Waals surface area contributed by atoms with E-state index in [1.807, 2.05) is 6.07 Å². The van der Waals surface area contributed by atoms with Crippen LogP contribution in [0.5, 0.6) is 5.75 Å². The molecule has 2 aromatic carbocycles. The third-order valence-electron chi connectivity index (χ3n) is 3.97. The van der Waals surface area contributed by atoms with Crippen LogP contribution in [0.4, 0.5) is 5.69 Å². The maximum absolute atomic E-state index is 12.6. The SMILES string of the molecule is O=C1C[C@@H](C(=O)Nc2ccc(O)c(C(=O)O)c2)[C@@H](c2ccccc2)O1. The highest BCUT2D eigenvalue weighted by atomic mass is 16.6. The first kappa shape index (κ1) is 16.5. The fourth-order valence-electron chi connectivity index (χ4n) is 2.75. The van der Waals surface area contributed by atoms with Crippen LogP contribution in [0.25, 0.3) is 0 Å². The Morgan fingerprint density at radius 2 is 1.84 bits per heavy atom. The van der Waals surface area contributed by atoms with Crippen LogP contribution in [0, 0.1) is 5.92 Å². The second-order valence-electron chi connectivity index (χ2n) is 5.66. The van der Waals surface area contributed by atoms with Crippen molar-refractivity contribution in [1.29, 1.82) is 0 Å². The van der Waals surface area contributed by atoms with E-state index >= 15 is 0 Å². The molecule has 0 saturated carbocycles. The number of aromatic carboxylic acids is 1. The number of cyclic esters (lactones) is 1. The van der Waals surface area contributed by atoms with Crippen LogP contribution in [-0.2, 0) is 14.3 Å². The normalized spacial score (nSPS) is 19.3. The van der Waals surface area contributed by atoms with Crippen LogP contribution in [0.3, 0.4) is 0 Å². The molecule has 1 heterocycles. The molecule has 1 amide bonds. The predicted octanol–water partition coefficient (Wildman–Crippen LogP) is 2.33. The Labute approximate surface area is 142 Å². The molecule has 1 saturated heterocycles. The van der Waals surface area contributed by atoms with Crippen molar-refractivity contribution < 1.29 is 29.3 Å². The topological polar surface area (TPSA) is 113 Å². The molecule has 7 nitrogen and oxygen atoms in total. The Morgan fingerprint density at radius 3 is 2.52 bits per heavy atom. The summed E-state index contributed by atoms with van der Waals surface area (Å²) < 4.78 is 5.27. The average molecular weight is 341 g/mol. The number of phenols is 1. The van der Waals surface area contributed by atoms with Crippen LogP contribution in [0.2, 0.25) is 0 Å². The van der Waals surface area contributed by atoms with Crippen LogP contribution >= 0.6 is 0 Å². The van der Waals surface area contributed by atoms with Gasteiger partial charge >= 0.3 is 11.9 Å². The van der Waals surface area contributed by atoms with E-state index < -0.39 is 35.6 Å². The summed E-state index contributed by atoms with van der Waals surface area (Å²) in [4.78, 5) is 35.3. The molecular formula is C18H15NO6. The molecule has 0 aromatic heterocycles. The van der Waals surface area contributed by atoms with Gasteiger partial charge in [0, 0.05) is 5.69 Å². The number of amides is 1. The standard InChI is InChI=1S/C18H15NO6/c20-14-7-6-11(8-12(14)18(23)24)19-17(22)13-9-15(21)25-16(13)10-4-2-1-3-5-10/h1-8,13,16,20H,9H2,(H,19,22)(H,23,24)/t13-,16-/m1/s1. The van der Waals surface area contributed by atoms with E-state index in [-0.39, 0.29) is 17.7 Å². The summed E-state index contributed by atoms with van der Waals surface area (Å²) in [6, 6.07) is 12.7. The summed E-state index contributed by atoms with van der Waals surface area (Å²) in [7, 11) is 0. The number of rotatable bonds is 4. The molecule has 0 spiro atoms. The molecule has 3 rings (SSSR count). The number of anilines is 1. The van der Waals surface area contributed by atoms with Gasteiger partial charge in [0.15, 0.2) is 0 Å². The minimum absolute atomic E-state index is 0.0603. The molecule has 0 aliphatic carbocycles. The number of carbonyl (C=O) groups is 3. The third-order valence-corrected chi connectivity index (χ3v) is 3.97. The number of aromatic hydroxyl groups is 1. The number of hydrogen-bond donors (Lipinski definition) is 3. The van der Waals surface area contributed by atoms with Gasteiger partial charge in [-0.1, -0.05) is 30.3 Å². The first-order chi connectivity index (χ1) is 12.0. The summed E-state index contributed by atoms with van der Waals surface area (Å²) >= 11 is 0. The van der Waals surface area contributed by atoms with Crippen molar-refractivity contribution in [3.63, 3.8) is 0 Å². The van der Waals surface area contributed by atoms with Crippen molar-refractivity contribution in [3.8, 4) is 5.75 Å². The lowest BCUT2D eigenvalue weighted by molar-refractivity contribution is -0.141. The summed E-state index contributed by atoms with van der Waals surface area (Å²) in [5, 5.41) is 21.1. The molecule has 0 unspecified atom stereocenters. The van der Waals surface area contributed by atoms with E-state index in [1.54, 1.807) is 24.3 Å². The van der Waals surface area contributed by atoms with Gasteiger partial charge in [0.05, 0.1) is 12.3 Å². The van der Waals surface area contributed by atoms with E-state index in [9.17, 15) is 19.5 Å². The van der Waals surface area contributed by atoms with Crippen molar-refractivity contribution in [2.45, 2.75) is 12.5 Å². The molecule has 7 heteroatoms. The zero-order valence-corrected chi connectivity index (χ0v) is 13.0. The van der Waals surface area contributed by atoms with Gasteiger partial charge in [-0.2, -0.15) is 0 Å². The van der Waals surface area contributed by atoms with Gasteiger partial charge in [-0.15, -0.1) is 0 Å². The molecule has 25 heavy (non-hydrogen) atoms. The largest absolute Gasteiger partial charge is 0.507 e. The van der Waals surface area contributed by atoms with Gasteiger partial charge in [-0.25, -0.2) is 4.79 Å². The maximum Gasteiger partial charge on any atom is 0.339 e. The maximum atomic E-state index is 12.6. The van der Waals surface area contributed by atoms with Crippen LogP contribution in [-0.4, -0.2) is 28.1 Å². The second kappa shape index (κ2) is 6.64. The molecule has 1 aliphatic heterocycles. The van der Waals surface area contributed by atoms with E-state index in [1.165, 1.54) is 12.1 Å². The van der Waals surface area contributed by atoms with Crippen LogP contribution in [0.15, 0.2) is 48.5 Å². The van der Waals surface area contributed by atoms with Crippen LogP contribution in [0.1, 0.15) is 28.4 Å². The minimum Gasteiger partial charge on any atom is -0.507 e. The molecule has 2 atom stereocenters. The second-order valence-corrected chi connectivity index (χ2v) is 5.66. The summed E-state index contributed by atoms with van der Waals surface area (Å²) in [6.45, 7) is 0. The van der Waals surface area contributed by atoms with Crippen LogP contribution < -0.4 is 5.32 Å². The molecule has 128 valence electrons.